The van der Waals surface area contributed by atoms with Crippen molar-refractivity contribution in [3.05, 3.63) is 52.8 Å². The quantitative estimate of drug-likeness (QED) is 0.508. The van der Waals surface area contributed by atoms with Crippen LogP contribution in [0.2, 0.25) is 5.02 Å². The number of ether oxygens (including phenoxy) is 2. The predicted octanol–water partition coefficient (Wildman–Crippen LogP) is 4.77. The maximum absolute atomic E-state index is 13.3. The topological polar surface area (TPSA) is 107 Å². The molecule has 2 aromatic carbocycles. The second-order valence-corrected chi connectivity index (χ2v) is 9.47. The summed E-state index contributed by atoms with van der Waals surface area (Å²) >= 11 is 6.12. The van der Waals surface area contributed by atoms with Gasteiger partial charge in [-0.15, -0.1) is 10.2 Å². The van der Waals surface area contributed by atoms with E-state index in [1.54, 1.807) is 13.8 Å². The highest BCUT2D eigenvalue weighted by atomic mass is 35.5. The van der Waals surface area contributed by atoms with Crippen molar-refractivity contribution in [2.75, 3.05) is 6.26 Å². The SMILES string of the molecule is CCC(C)(Oc1ccc(C(F)(F)F)cc1Oc1ccc(S(C)(=O)=O)cc1Cl)c1nn[nH]n1. The van der Waals surface area contributed by atoms with Gasteiger partial charge in [0.25, 0.3) is 0 Å². The lowest BCUT2D eigenvalue weighted by atomic mass is 10.0. The van der Waals surface area contributed by atoms with Gasteiger partial charge in [0.1, 0.15) is 5.75 Å². The van der Waals surface area contributed by atoms with Crippen molar-refractivity contribution in [2.45, 2.75) is 36.9 Å². The van der Waals surface area contributed by atoms with Gasteiger partial charge in [0.15, 0.2) is 26.9 Å². The molecule has 0 spiro atoms. The monoisotopic (exact) mass is 490 g/mol. The van der Waals surface area contributed by atoms with E-state index >= 15 is 0 Å². The third kappa shape index (κ3) is 5.13. The van der Waals surface area contributed by atoms with E-state index in [-0.39, 0.29) is 33.0 Å². The lowest BCUT2D eigenvalue weighted by molar-refractivity contribution is -0.137. The zero-order chi connectivity index (χ0) is 23.7. The molecule has 32 heavy (non-hydrogen) atoms. The Labute approximate surface area is 186 Å². The van der Waals surface area contributed by atoms with Crippen LogP contribution in [0.1, 0.15) is 31.7 Å². The first-order valence-electron chi connectivity index (χ1n) is 9.15. The number of sulfone groups is 1. The number of rotatable bonds is 7. The largest absolute Gasteiger partial charge is 0.476 e. The summed E-state index contributed by atoms with van der Waals surface area (Å²) in [6.45, 7) is 3.43. The average Bonchev–Trinajstić information content (AvgIpc) is 3.24. The molecular weight excluding hydrogens is 473 g/mol. The zero-order valence-electron chi connectivity index (χ0n) is 17.1. The molecule has 1 aromatic heterocycles. The Kier molecular flexibility index (Phi) is 6.38. The Morgan fingerprint density at radius 1 is 1.09 bits per heavy atom. The fraction of sp³-hybridized carbons (Fsp3) is 0.316. The van der Waals surface area contributed by atoms with E-state index in [2.05, 4.69) is 20.6 Å². The van der Waals surface area contributed by atoms with Gasteiger partial charge in [-0.2, -0.15) is 18.4 Å². The second kappa shape index (κ2) is 8.58. The minimum Gasteiger partial charge on any atom is -0.476 e. The van der Waals surface area contributed by atoms with Crippen molar-refractivity contribution in [1.82, 2.24) is 20.6 Å². The van der Waals surface area contributed by atoms with Crippen molar-refractivity contribution in [1.29, 1.82) is 0 Å². The van der Waals surface area contributed by atoms with E-state index in [1.807, 2.05) is 0 Å². The van der Waals surface area contributed by atoms with Crippen LogP contribution in [0.3, 0.4) is 0 Å². The summed E-state index contributed by atoms with van der Waals surface area (Å²) in [5.74, 6) is -0.171. The molecule has 3 aromatic rings. The van der Waals surface area contributed by atoms with Gasteiger partial charge in [-0.25, -0.2) is 8.42 Å². The highest BCUT2D eigenvalue weighted by Gasteiger charge is 2.35. The molecule has 172 valence electrons. The van der Waals surface area contributed by atoms with E-state index in [9.17, 15) is 21.6 Å². The maximum atomic E-state index is 13.3. The third-order valence-corrected chi connectivity index (χ3v) is 6.06. The van der Waals surface area contributed by atoms with Gasteiger partial charge in [-0.3, -0.25) is 0 Å². The summed E-state index contributed by atoms with van der Waals surface area (Å²) in [7, 11) is -3.54. The van der Waals surface area contributed by atoms with Crippen LogP contribution in [0.15, 0.2) is 41.3 Å². The van der Waals surface area contributed by atoms with E-state index in [0.29, 0.717) is 6.42 Å². The first-order chi connectivity index (χ1) is 14.8. The maximum Gasteiger partial charge on any atom is 0.416 e. The first kappa shape index (κ1) is 23.8. The molecule has 1 atom stereocenters. The van der Waals surface area contributed by atoms with Crippen LogP contribution in [0, 0.1) is 0 Å². The number of hydrogen-bond donors (Lipinski definition) is 1. The highest BCUT2D eigenvalue weighted by Crippen LogP contribution is 2.42. The summed E-state index contributed by atoms with van der Waals surface area (Å²) < 4.78 is 74.9. The van der Waals surface area contributed by atoms with Crippen LogP contribution in [-0.2, 0) is 21.6 Å². The van der Waals surface area contributed by atoms with Crippen LogP contribution in [-0.4, -0.2) is 35.3 Å². The normalized spacial score (nSPS) is 14.1. The van der Waals surface area contributed by atoms with Gasteiger partial charge in [-0.05, 0) is 49.7 Å². The Bertz CT molecular complexity index is 1220. The molecular formula is C19H18ClF3N4O4S. The average molecular weight is 491 g/mol. The van der Waals surface area contributed by atoms with E-state index in [1.165, 1.54) is 12.1 Å². The molecule has 0 amide bonds. The summed E-state index contributed by atoms with van der Waals surface area (Å²) in [5.41, 5.74) is -2.10. The van der Waals surface area contributed by atoms with Crippen molar-refractivity contribution >= 4 is 21.4 Å². The van der Waals surface area contributed by atoms with Gasteiger partial charge >= 0.3 is 6.18 Å². The number of benzene rings is 2. The number of hydrogen-bond acceptors (Lipinski definition) is 7. The van der Waals surface area contributed by atoms with Crippen LogP contribution in [0.25, 0.3) is 0 Å². The summed E-state index contributed by atoms with van der Waals surface area (Å²) in [6.07, 6.45) is -3.28. The fourth-order valence-electron chi connectivity index (χ4n) is 2.67. The number of tetrazole rings is 1. The Morgan fingerprint density at radius 2 is 1.78 bits per heavy atom. The Hall–Kier alpha value is -2.86. The molecule has 0 saturated heterocycles. The summed E-state index contributed by atoms with van der Waals surface area (Å²) in [6, 6.07) is 6.37. The first-order valence-corrected chi connectivity index (χ1v) is 11.4. The second-order valence-electron chi connectivity index (χ2n) is 7.05. The van der Waals surface area contributed by atoms with Crippen molar-refractivity contribution < 1.29 is 31.1 Å². The van der Waals surface area contributed by atoms with Gasteiger partial charge in [0.2, 0.25) is 5.82 Å². The molecule has 0 saturated carbocycles. The van der Waals surface area contributed by atoms with Crippen molar-refractivity contribution in [3.63, 3.8) is 0 Å². The van der Waals surface area contributed by atoms with Crippen LogP contribution >= 0.6 is 11.6 Å². The Balaban J connectivity index is 2.05. The van der Waals surface area contributed by atoms with E-state index < -0.39 is 27.2 Å². The van der Waals surface area contributed by atoms with Crippen LogP contribution < -0.4 is 9.47 Å². The fourth-order valence-corrected chi connectivity index (χ4v) is 3.60. The number of H-pyrrole nitrogens is 1. The molecule has 13 heteroatoms. The molecule has 1 N–H and O–H groups in total. The minimum atomic E-state index is -4.64. The summed E-state index contributed by atoms with van der Waals surface area (Å²) in [4.78, 5) is -0.0639. The molecule has 0 fully saturated rings. The molecule has 1 unspecified atom stereocenters. The number of nitrogens with one attached hydrogen (secondary N) is 1. The van der Waals surface area contributed by atoms with Gasteiger partial charge in [0, 0.05) is 6.26 Å². The van der Waals surface area contributed by atoms with Crippen molar-refractivity contribution in [3.8, 4) is 17.2 Å². The number of aromatic amines is 1. The zero-order valence-corrected chi connectivity index (χ0v) is 18.6. The summed E-state index contributed by atoms with van der Waals surface area (Å²) in [5, 5.41) is 13.5. The number of nitrogens with zero attached hydrogens (tertiary/aromatic N) is 3. The smallest absolute Gasteiger partial charge is 0.416 e. The minimum absolute atomic E-state index is 0.0320. The molecule has 0 aliphatic carbocycles. The molecule has 3 rings (SSSR count). The molecule has 0 aliphatic rings. The molecule has 0 bridgehead atoms. The number of alkyl halides is 3. The van der Waals surface area contributed by atoms with Gasteiger partial charge in [-0.1, -0.05) is 23.7 Å². The number of aromatic nitrogens is 4. The highest BCUT2D eigenvalue weighted by molar-refractivity contribution is 7.90. The standard InChI is InChI=1S/C19H18ClF3N4O4S/c1-4-18(2,17-24-26-27-25-17)31-15-7-5-11(19(21,22)23)9-16(15)30-14-8-6-12(10-13(14)20)32(3,28)29/h5-10H,4H2,1-3H3,(H,24,25,26,27). The lowest BCUT2D eigenvalue weighted by Gasteiger charge is -2.27. The molecule has 0 radical (unpaired) electrons. The lowest BCUT2D eigenvalue weighted by Crippen LogP contribution is -2.30. The third-order valence-electron chi connectivity index (χ3n) is 4.65. The molecule has 0 aliphatic heterocycles. The molecule has 8 nitrogen and oxygen atoms in total. The predicted molar refractivity (Wildman–Crippen MR) is 109 cm³/mol. The van der Waals surface area contributed by atoms with E-state index in [4.69, 9.17) is 21.1 Å². The Morgan fingerprint density at radius 3 is 2.31 bits per heavy atom. The van der Waals surface area contributed by atoms with E-state index in [0.717, 1.165) is 30.5 Å². The van der Waals surface area contributed by atoms with Crippen LogP contribution in [0.5, 0.6) is 17.2 Å². The number of halogens is 4. The van der Waals surface area contributed by atoms with Gasteiger partial charge in [0.05, 0.1) is 15.5 Å². The van der Waals surface area contributed by atoms with Crippen LogP contribution in [0.4, 0.5) is 13.2 Å². The molecule has 1 heterocycles. The van der Waals surface area contributed by atoms with Gasteiger partial charge < -0.3 is 9.47 Å². The van der Waals surface area contributed by atoms with Crippen molar-refractivity contribution in [2.24, 2.45) is 0 Å².